The summed E-state index contributed by atoms with van der Waals surface area (Å²) in [7, 11) is 0. The summed E-state index contributed by atoms with van der Waals surface area (Å²) in [5, 5.41) is 5.61. The number of hydrogen-bond donors (Lipinski definition) is 2. The van der Waals surface area contributed by atoms with E-state index in [-0.39, 0.29) is 24.3 Å². The van der Waals surface area contributed by atoms with Gasteiger partial charge in [-0.15, -0.1) is 0 Å². The Morgan fingerprint density at radius 1 is 1.25 bits per heavy atom. The number of benzene rings is 1. The second-order valence-corrected chi connectivity index (χ2v) is 5.95. The molecule has 2 rings (SSSR count). The molecule has 0 saturated carbocycles. The molecule has 1 aromatic carbocycles. The van der Waals surface area contributed by atoms with Gasteiger partial charge in [0.1, 0.15) is 5.82 Å². The number of aryl methyl sites for hydroxylation is 2. The van der Waals surface area contributed by atoms with Gasteiger partial charge in [0.15, 0.2) is 0 Å². The Kier molecular flexibility index (Phi) is 6.12. The Morgan fingerprint density at radius 2 is 2.04 bits per heavy atom. The molecule has 128 valence electrons. The topological polar surface area (TPSA) is 76.0 Å². The van der Waals surface area contributed by atoms with E-state index in [1.165, 1.54) is 0 Å². The maximum absolute atomic E-state index is 12.0. The standard InChI is InChI=1S/C18H24N4O2/c1-13-5-4-6-16(11-13)21-17(23)7-8-20-18(24)12-14(2)22-10-9-19-15(22)3/h4-6,9-11,14H,7-8,12H2,1-3H3,(H,20,24)(H,21,23)/t14-/m0/s1. The van der Waals surface area contributed by atoms with E-state index in [1.807, 2.05) is 55.8 Å². The zero-order valence-corrected chi connectivity index (χ0v) is 14.4. The van der Waals surface area contributed by atoms with Crippen molar-refractivity contribution < 1.29 is 9.59 Å². The molecule has 1 aromatic heterocycles. The average Bonchev–Trinajstić information content (AvgIpc) is 2.93. The summed E-state index contributed by atoms with van der Waals surface area (Å²) < 4.78 is 1.96. The van der Waals surface area contributed by atoms with Crippen LogP contribution in [-0.2, 0) is 9.59 Å². The Balaban J connectivity index is 1.70. The molecule has 0 aliphatic rings. The van der Waals surface area contributed by atoms with Gasteiger partial charge in [-0.25, -0.2) is 4.98 Å². The summed E-state index contributed by atoms with van der Waals surface area (Å²) in [4.78, 5) is 28.0. The number of nitrogens with one attached hydrogen (secondary N) is 2. The molecule has 1 atom stereocenters. The Labute approximate surface area is 142 Å². The summed E-state index contributed by atoms with van der Waals surface area (Å²) in [6, 6.07) is 7.66. The molecule has 0 spiro atoms. The minimum Gasteiger partial charge on any atom is -0.356 e. The van der Waals surface area contributed by atoms with Crippen LogP contribution in [0.25, 0.3) is 0 Å². The van der Waals surface area contributed by atoms with Crippen LogP contribution >= 0.6 is 0 Å². The molecular weight excluding hydrogens is 304 g/mol. The minimum absolute atomic E-state index is 0.0358. The lowest BCUT2D eigenvalue weighted by Crippen LogP contribution is -2.29. The molecule has 24 heavy (non-hydrogen) atoms. The highest BCUT2D eigenvalue weighted by molar-refractivity contribution is 5.91. The van der Waals surface area contributed by atoms with E-state index in [0.717, 1.165) is 17.1 Å². The molecule has 0 bridgehead atoms. The van der Waals surface area contributed by atoms with E-state index in [4.69, 9.17) is 0 Å². The minimum atomic E-state index is -0.112. The van der Waals surface area contributed by atoms with Crippen molar-refractivity contribution in [3.05, 3.63) is 48.0 Å². The number of hydrogen-bond acceptors (Lipinski definition) is 3. The molecule has 6 heteroatoms. The van der Waals surface area contributed by atoms with Crippen LogP contribution in [0.3, 0.4) is 0 Å². The van der Waals surface area contributed by atoms with Crippen molar-refractivity contribution in [1.82, 2.24) is 14.9 Å². The summed E-state index contributed by atoms with van der Waals surface area (Å²) in [5.74, 6) is 0.700. The highest BCUT2D eigenvalue weighted by atomic mass is 16.2. The van der Waals surface area contributed by atoms with Crippen molar-refractivity contribution in [2.75, 3.05) is 11.9 Å². The van der Waals surface area contributed by atoms with Crippen LogP contribution in [0.15, 0.2) is 36.7 Å². The lowest BCUT2D eigenvalue weighted by atomic mass is 10.2. The molecule has 0 fully saturated rings. The molecular formula is C18H24N4O2. The van der Waals surface area contributed by atoms with Crippen LogP contribution in [0.1, 0.15) is 37.2 Å². The Hall–Kier alpha value is -2.63. The maximum atomic E-state index is 12.0. The van der Waals surface area contributed by atoms with E-state index >= 15 is 0 Å². The normalized spacial score (nSPS) is 11.8. The van der Waals surface area contributed by atoms with Gasteiger partial charge >= 0.3 is 0 Å². The largest absolute Gasteiger partial charge is 0.356 e. The van der Waals surface area contributed by atoms with Gasteiger partial charge in [-0.3, -0.25) is 9.59 Å². The zero-order valence-electron chi connectivity index (χ0n) is 14.4. The second-order valence-electron chi connectivity index (χ2n) is 5.95. The Bertz CT molecular complexity index is 709. The number of imidazole rings is 1. The van der Waals surface area contributed by atoms with E-state index in [0.29, 0.717) is 13.0 Å². The summed E-state index contributed by atoms with van der Waals surface area (Å²) in [5.41, 5.74) is 1.86. The third kappa shape index (κ3) is 5.22. The number of rotatable bonds is 7. The van der Waals surface area contributed by atoms with Crippen molar-refractivity contribution >= 4 is 17.5 Å². The summed E-state index contributed by atoms with van der Waals surface area (Å²) >= 11 is 0. The predicted molar refractivity (Wildman–Crippen MR) is 93.7 cm³/mol. The van der Waals surface area contributed by atoms with Crippen LogP contribution in [-0.4, -0.2) is 27.9 Å². The molecule has 2 N–H and O–H groups in total. The van der Waals surface area contributed by atoms with Crippen LogP contribution in [0.5, 0.6) is 0 Å². The third-order valence-electron chi connectivity index (χ3n) is 3.79. The number of anilines is 1. The average molecular weight is 328 g/mol. The van der Waals surface area contributed by atoms with E-state index in [1.54, 1.807) is 6.20 Å². The van der Waals surface area contributed by atoms with Gasteiger partial charge in [0, 0.05) is 43.5 Å². The van der Waals surface area contributed by atoms with Crippen LogP contribution in [0, 0.1) is 13.8 Å². The first-order valence-corrected chi connectivity index (χ1v) is 8.08. The summed E-state index contributed by atoms with van der Waals surface area (Å²) in [6.07, 6.45) is 4.19. The predicted octanol–water partition coefficient (Wildman–Crippen LogP) is 2.60. The van der Waals surface area contributed by atoms with Gasteiger partial charge < -0.3 is 15.2 Å². The number of carbonyl (C=O) groups excluding carboxylic acids is 2. The highest BCUT2D eigenvalue weighted by Crippen LogP contribution is 2.12. The number of amides is 2. The quantitative estimate of drug-likeness (QED) is 0.820. The molecule has 0 saturated heterocycles. The van der Waals surface area contributed by atoms with Gasteiger partial charge in [0.05, 0.1) is 0 Å². The first kappa shape index (κ1) is 17.7. The molecule has 0 aliphatic carbocycles. The third-order valence-corrected chi connectivity index (χ3v) is 3.79. The van der Waals surface area contributed by atoms with Crippen molar-refractivity contribution in [2.24, 2.45) is 0 Å². The van der Waals surface area contributed by atoms with Gasteiger partial charge in [-0.05, 0) is 38.5 Å². The lowest BCUT2D eigenvalue weighted by molar-refractivity contribution is -0.121. The smallest absolute Gasteiger partial charge is 0.226 e. The van der Waals surface area contributed by atoms with Crippen molar-refractivity contribution in [3.63, 3.8) is 0 Å². The molecule has 0 unspecified atom stereocenters. The lowest BCUT2D eigenvalue weighted by Gasteiger charge is -2.14. The van der Waals surface area contributed by atoms with Crippen molar-refractivity contribution in [3.8, 4) is 0 Å². The SMILES string of the molecule is Cc1cccc(NC(=O)CCNC(=O)C[C@H](C)n2ccnc2C)c1. The number of nitrogens with zero attached hydrogens (tertiary/aromatic N) is 2. The molecule has 6 nitrogen and oxygen atoms in total. The van der Waals surface area contributed by atoms with Gasteiger partial charge in [-0.1, -0.05) is 12.1 Å². The Morgan fingerprint density at radius 3 is 2.71 bits per heavy atom. The molecule has 1 heterocycles. The van der Waals surface area contributed by atoms with E-state index in [9.17, 15) is 9.59 Å². The first-order chi connectivity index (χ1) is 11.5. The second kappa shape index (κ2) is 8.29. The molecule has 0 aliphatic heterocycles. The number of carbonyl (C=O) groups is 2. The molecule has 0 radical (unpaired) electrons. The van der Waals surface area contributed by atoms with Gasteiger partial charge in [-0.2, -0.15) is 0 Å². The monoisotopic (exact) mass is 328 g/mol. The van der Waals surface area contributed by atoms with E-state index < -0.39 is 0 Å². The van der Waals surface area contributed by atoms with Crippen molar-refractivity contribution in [1.29, 1.82) is 0 Å². The van der Waals surface area contributed by atoms with Crippen LogP contribution < -0.4 is 10.6 Å². The fraction of sp³-hybridized carbons (Fsp3) is 0.389. The van der Waals surface area contributed by atoms with Crippen molar-refractivity contribution in [2.45, 2.75) is 39.7 Å². The van der Waals surface area contributed by atoms with E-state index in [2.05, 4.69) is 15.6 Å². The fourth-order valence-electron chi connectivity index (χ4n) is 2.55. The van der Waals surface area contributed by atoms with Crippen LogP contribution in [0.4, 0.5) is 5.69 Å². The van der Waals surface area contributed by atoms with Crippen LogP contribution in [0.2, 0.25) is 0 Å². The maximum Gasteiger partial charge on any atom is 0.226 e. The fourth-order valence-corrected chi connectivity index (χ4v) is 2.55. The molecule has 2 aromatic rings. The summed E-state index contributed by atoms with van der Waals surface area (Å²) in [6.45, 7) is 6.17. The molecule has 2 amide bonds. The highest BCUT2D eigenvalue weighted by Gasteiger charge is 2.12. The van der Waals surface area contributed by atoms with Gasteiger partial charge in [0.25, 0.3) is 0 Å². The zero-order chi connectivity index (χ0) is 17.5. The first-order valence-electron chi connectivity index (χ1n) is 8.08. The van der Waals surface area contributed by atoms with Gasteiger partial charge in [0.2, 0.25) is 11.8 Å². The number of aromatic nitrogens is 2.